The van der Waals surface area contributed by atoms with Crippen LogP contribution in [-0.4, -0.2) is 64.8 Å². The van der Waals surface area contributed by atoms with Gasteiger partial charge in [0.05, 0.1) is 24.1 Å². The number of rotatable bonds is 8. The topological polar surface area (TPSA) is 108 Å². The third kappa shape index (κ3) is 4.79. The van der Waals surface area contributed by atoms with Crippen LogP contribution < -0.4 is 19.7 Å². The number of carbonyl (C=O) groups is 2. The third-order valence-electron chi connectivity index (χ3n) is 5.99. The highest BCUT2D eigenvalue weighted by molar-refractivity contribution is 7.99. The molecule has 176 valence electrons. The van der Waals surface area contributed by atoms with Gasteiger partial charge in [0.1, 0.15) is 0 Å². The third-order valence-corrected chi connectivity index (χ3v) is 6.96. The Bertz CT molecular complexity index is 1050. The van der Waals surface area contributed by atoms with Gasteiger partial charge in [-0.2, -0.15) is 0 Å². The molecule has 1 N–H and O–H groups in total. The first-order valence-corrected chi connectivity index (χ1v) is 12.2. The minimum absolute atomic E-state index is 0.0969. The van der Waals surface area contributed by atoms with Crippen molar-refractivity contribution in [1.82, 2.24) is 14.8 Å². The molecule has 0 aliphatic carbocycles. The van der Waals surface area contributed by atoms with Crippen LogP contribution in [-0.2, 0) is 16.1 Å². The van der Waals surface area contributed by atoms with Crippen molar-refractivity contribution in [2.24, 2.45) is 0 Å². The second-order valence-electron chi connectivity index (χ2n) is 8.37. The number of anilines is 2. The van der Waals surface area contributed by atoms with Gasteiger partial charge >= 0.3 is 0 Å². The maximum atomic E-state index is 12.8. The highest BCUT2D eigenvalue weighted by Gasteiger charge is 2.26. The van der Waals surface area contributed by atoms with Crippen molar-refractivity contribution in [3.05, 3.63) is 17.7 Å². The van der Waals surface area contributed by atoms with E-state index in [1.165, 1.54) is 18.7 Å². The molecule has 2 saturated heterocycles. The molecule has 1 aromatic heterocycles. The number of nitrogens with zero attached hydrogens (tertiary/aromatic N) is 4. The van der Waals surface area contributed by atoms with Crippen molar-refractivity contribution in [1.29, 1.82) is 0 Å². The van der Waals surface area contributed by atoms with E-state index in [2.05, 4.69) is 25.0 Å². The zero-order valence-corrected chi connectivity index (χ0v) is 19.4. The van der Waals surface area contributed by atoms with Gasteiger partial charge in [0.15, 0.2) is 22.4 Å². The van der Waals surface area contributed by atoms with Gasteiger partial charge in [0.2, 0.25) is 18.6 Å². The molecular weight excluding hydrogens is 446 g/mol. The summed E-state index contributed by atoms with van der Waals surface area (Å²) >= 11 is 1.33. The lowest BCUT2D eigenvalue weighted by Crippen LogP contribution is -2.25. The Morgan fingerprint density at radius 1 is 1.15 bits per heavy atom. The zero-order valence-electron chi connectivity index (χ0n) is 18.5. The Morgan fingerprint density at radius 2 is 1.94 bits per heavy atom. The lowest BCUT2D eigenvalue weighted by molar-refractivity contribution is -0.113. The Hall–Kier alpha value is -2.79. The molecule has 0 bridgehead atoms. The van der Waals surface area contributed by atoms with Crippen LogP contribution in [0.2, 0.25) is 0 Å². The number of thioether (sulfide) groups is 1. The predicted molar refractivity (Wildman–Crippen MR) is 122 cm³/mol. The lowest BCUT2D eigenvalue weighted by Gasteiger charge is -2.20. The van der Waals surface area contributed by atoms with E-state index < -0.39 is 0 Å². The predicted octanol–water partition coefficient (Wildman–Crippen LogP) is 2.72. The van der Waals surface area contributed by atoms with Crippen molar-refractivity contribution >= 4 is 35.1 Å². The maximum Gasteiger partial charge on any atom is 0.234 e. The van der Waals surface area contributed by atoms with Crippen LogP contribution >= 0.6 is 11.8 Å². The van der Waals surface area contributed by atoms with Gasteiger partial charge in [-0.15, -0.1) is 10.2 Å². The molecule has 11 heteroatoms. The van der Waals surface area contributed by atoms with Gasteiger partial charge in [-0.05, 0) is 38.7 Å². The van der Waals surface area contributed by atoms with E-state index >= 15 is 0 Å². The molecule has 5 rings (SSSR count). The standard InChI is InChI=1S/C22H27N5O5S/c1-14(28)16-9-18-19(32-13-31-18)10-17(16)23-20(29)12-33-22-25-24-21(26-6-2-3-7-26)27(22)11-15-5-4-8-30-15/h9-10,15H,2-8,11-13H2,1H3,(H,23,29)/t15-/m1/s1. The SMILES string of the molecule is CC(=O)c1cc2c(cc1NC(=O)CSc1nnc(N3CCCC3)n1C[C@H]1CCCO1)OCO2. The van der Waals surface area contributed by atoms with Gasteiger partial charge in [-0.25, -0.2) is 0 Å². The van der Waals surface area contributed by atoms with Crippen LogP contribution in [0, 0.1) is 0 Å². The summed E-state index contributed by atoms with van der Waals surface area (Å²) in [6, 6.07) is 3.24. The molecule has 0 spiro atoms. The number of nitrogens with one attached hydrogen (secondary N) is 1. The van der Waals surface area contributed by atoms with Crippen LogP contribution in [0.3, 0.4) is 0 Å². The highest BCUT2D eigenvalue weighted by Crippen LogP contribution is 2.37. The van der Waals surface area contributed by atoms with E-state index in [9.17, 15) is 9.59 Å². The van der Waals surface area contributed by atoms with Gasteiger partial charge in [-0.3, -0.25) is 14.2 Å². The quantitative estimate of drug-likeness (QED) is 0.457. The molecule has 2 fully saturated rings. The Kier molecular flexibility index (Phi) is 6.41. The number of benzene rings is 1. The zero-order chi connectivity index (χ0) is 22.8. The number of fused-ring (bicyclic) bond motifs is 1. The minimum atomic E-state index is -0.240. The van der Waals surface area contributed by atoms with Crippen LogP contribution in [0.1, 0.15) is 43.0 Å². The Labute approximate surface area is 196 Å². The fourth-order valence-electron chi connectivity index (χ4n) is 4.34. The molecule has 3 aliphatic heterocycles. The fourth-order valence-corrected chi connectivity index (χ4v) is 5.09. The molecule has 10 nitrogen and oxygen atoms in total. The Morgan fingerprint density at radius 3 is 2.67 bits per heavy atom. The summed E-state index contributed by atoms with van der Waals surface area (Å²) in [6.45, 7) is 4.94. The summed E-state index contributed by atoms with van der Waals surface area (Å²) in [5.74, 6) is 1.59. The number of hydrogen-bond acceptors (Lipinski definition) is 9. The molecule has 0 unspecified atom stereocenters. The molecule has 1 amide bonds. The van der Waals surface area contributed by atoms with Gasteiger partial charge in [0, 0.05) is 31.3 Å². The van der Waals surface area contributed by atoms with Crippen molar-refractivity contribution < 1.29 is 23.8 Å². The van der Waals surface area contributed by atoms with Crippen LogP contribution in [0.5, 0.6) is 11.5 Å². The average Bonchev–Trinajstić information content (AvgIpc) is 3.59. The molecule has 3 aliphatic rings. The minimum Gasteiger partial charge on any atom is -0.454 e. The first-order chi connectivity index (χ1) is 16.1. The molecule has 1 aromatic carbocycles. The largest absolute Gasteiger partial charge is 0.454 e. The van der Waals surface area contributed by atoms with Crippen molar-refractivity contribution in [2.45, 2.75) is 50.4 Å². The summed E-state index contributed by atoms with van der Waals surface area (Å²) in [5.41, 5.74) is 0.798. The average molecular weight is 474 g/mol. The number of hydrogen-bond donors (Lipinski definition) is 1. The van der Waals surface area contributed by atoms with Gasteiger partial charge in [0.25, 0.3) is 0 Å². The van der Waals surface area contributed by atoms with Crippen LogP contribution in [0.25, 0.3) is 0 Å². The van der Waals surface area contributed by atoms with E-state index in [4.69, 9.17) is 14.2 Å². The fraction of sp³-hybridized carbons (Fsp3) is 0.545. The lowest BCUT2D eigenvalue weighted by atomic mass is 10.1. The molecule has 4 heterocycles. The second-order valence-corrected chi connectivity index (χ2v) is 9.31. The van der Waals surface area contributed by atoms with E-state index in [0.29, 0.717) is 34.5 Å². The number of Topliss-reactive ketones (excluding diaryl/α,β-unsaturated/α-hetero) is 1. The first kappa shape index (κ1) is 22.0. The second kappa shape index (κ2) is 9.60. The number of ether oxygens (including phenoxy) is 3. The van der Waals surface area contributed by atoms with E-state index in [1.807, 2.05) is 0 Å². The maximum absolute atomic E-state index is 12.8. The van der Waals surface area contributed by atoms with Crippen molar-refractivity contribution in [3.8, 4) is 11.5 Å². The molecule has 0 saturated carbocycles. The molecule has 33 heavy (non-hydrogen) atoms. The Balaban J connectivity index is 1.29. The number of amides is 1. The van der Waals surface area contributed by atoms with Gasteiger partial charge < -0.3 is 24.4 Å². The monoisotopic (exact) mass is 473 g/mol. The number of aromatic nitrogens is 3. The summed E-state index contributed by atoms with van der Waals surface area (Å²) in [6.07, 6.45) is 4.50. The summed E-state index contributed by atoms with van der Waals surface area (Å²) < 4.78 is 18.7. The first-order valence-electron chi connectivity index (χ1n) is 11.3. The van der Waals surface area contributed by atoms with Crippen molar-refractivity contribution in [2.75, 3.05) is 42.5 Å². The summed E-state index contributed by atoms with van der Waals surface area (Å²) in [5, 5.41) is 12.3. The van der Waals surface area contributed by atoms with Gasteiger partial charge in [-0.1, -0.05) is 11.8 Å². The van der Waals surface area contributed by atoms with E-state index in [-0.39, 0.29) is 30.3 Å². The highest BCUT2D eigenvalue weighted by atomic mass is 32.2. The molecule has 0 radical (unpaired) electrons. The van der Waals surface area contributed by atoms with E-state index in [0.717, 1.165) is 51.3 Å². The van der Waals surface area contributed by atoms with E-state index in [1.54, 1.807) is 12.1 Å². The van der Waals surface area contributed by atoms with Crippen molar-refractivity contribution in [3.63, 3.8) is 0 Å². The molecule has 1 atom stereocenters. The number of ketones is 1. The van der Waals surface area contributed by atoms with Crippen LogP contribution in [0.4, 0.5) is 11.6 Å². The summed E-state index contributed by atoms with van der Waals surface area (Å²) in [7, 11) is 0. The normalized spacial score (nSPS) is 19.3. The summed E-state index contributed by atoms with van der Waals surface area (Å²) in [4.78, 5) is 27.1. The molecule has 2 aromatic rings. The number of carbonyl (C=O) groups excluding carboxylic acids is 2. The molecular formula is C22H27N5O5S. The van der Waals surface area contributed by atoms with Crippen LogP contribution in [0.15, 0.2) is 17.3 Å². The smallest absolute Gasteiger partial charge is 0.234 e.